The minimum Gasteiger partial charge on any atom is -0.385 e. The average molecular weight is 346 g/mol. The number of rotatable bonds is 5. The summed E-state index contributed by atoms with van der Waals surface area (Å²) in [6.45, 7) is 6.26. The molecule has 0 amide bonds. The summed E-state index contributed by atoms with van der Waals surface area (Å²) in [5, 5.41) is 11.6. The molecule has 1 heterocycles. The number of nitrogens with zero attached hydrogens (tertiary/aromatic N) is 1. The van der Waals surface area contributed by atoms with Crippen LogP contribution in [-0.4, -0.2) is 42.9 Å². The molecule has 128 valence electrons. The molecule has 3 nitrogen and oxygen atoms in total. The second kappa shape index (κ2) is 7.66. The molecule has 0 spiro atoms. The van der Waals surface area contributed by atoms with Crippen molar-refractivity contribution in [2.75, 3.05) is 32.8 Å². The summed E-state index contributed by atoms with van der Waals surface area (Å²) < 4.78 is 5.37. The minimum atomic E-state index is -0.823. The van der Waals surface area contributed by atoms with Crippen molar-refractivity contribution in [1.82, 2.24) is 4.90 Å². The highest BCUT2D eigenvalue weighted by Crippen LogP contribution is 2.28. The van der Waals surface area contributed by atoms with Gasteiger partial charge in [-0.2, -0.15) is 0 Å². The van der Waals surface area contributed by atoms with E-state index in [9.17, 15) is 5.11 Å². The van der Waals surface area contributed by atoms with Crippen LogP contribution in [0.5, 0.6) is 0 Å². The van der Waals surface area contributed by atoms with Crippen molar-refractivity contribution in [1.29, 1.82) is 0 Å². The van der Waals surface area contributed by atoms with Crippen molar-refractivity contribution in [3.05, 3.63) is 59.1 Å². The number of hydrogen-bond acceptors (Lipinski definition) is 3. The van der Waals surface area contributed by atoms with Crippen molar-refractivity contribution < 1.29 is 9.84 Å². The lowest BCUT2D eigenvalue weighted by molar-refractivity contribution is 0.00549. The van der Waals surface area contributed by atoms with Crippen molar-refractivity contribution in [2.45, 2.75) is 18.9 Å². The van der Waals surface area contributed by atoms with Gasteiger partial charge in [-0.3, -0.25) is 4.90 Å². The Kier molecular flexibility index (Phi) is 5.57. The number of hydrogen-bond donors (Lipinski definition) is 1. The highest BCUT2D eigenvalue weighted by molar-refractivity contribution is 6.30. The maximum atomic E-state index is 10.8. The smallest absolute Gasteiger partial charge is 0.0880 e. The van der Waals surface area contributed by atoms with E-state index in [4.69, 9.17) is 16.3 Å². The first-order chi connectivity index (χ1) is 11.5. The maximum absolute atomic E-state index is 10.8. The molecule has 1 N–H and O–H groups in total. The van der Waals surface area contributed by atoms with E-state index >= 15 is 0 Å². The third-order valence-electron chi connectivity index (χ3n) is 4.70. The Morgan fingerprint density at radius 2 is 1.54 bits per heavy atom. The average Bonchev–Trinajstić information content (AvgIpc) is 2.62. The largest absolute Gasteiger partial charge is 0.385 e. The van der Waals surface area contributed by atoms with Crippen molar-refractivity contribution in [2.24, 2.45) is 0 Å². The zero-order chi connectivity index (χ0) is 17.0. The fraction of sp³-hybridized carbons (Fsp3) is 0.400. The van der Waals surface area contributed by atoms with Crippen molar-refractivity contribution in [3.8, 4) is 11.1 Å². The molecular weight excluding hydrogens is 322 g/mol. The molecular formula is C20H24ClNO2. The van der Waals surface area contributed by atoms with Crippen LogP contribution in [0.25, 0.3) is 11.1 Å². The lowest BCUT2D eigenvalue weighted by Crippen LogP contribution is -2.39. The second-order valence-electron chi connectivity index (χ2n) is 6.56. The molecule has 1 saturated heterocycles. The standard InChI is InChI=1S/C20H24ClNO2/c1-20(23,10-11-22-12-14-24-15-13-22)18-6-2-16(3-7-18)17-4-8-19(21)9-5-17/h2-9,23H,10-15H2,1H3. The van der Waals surface area contributed by atoms with Gasteiger partial charge in [0.2, 0.25) is 0 Å². The Bertz CT molecular complexity index is 646. The third-order valence-corrected chi connectivity index (χ3v) is 4.95. The quantitative estimate of drug-likeness (QED) is 0.891. The summed E-state index contributed by atoms with van der Waals surface area (Å²) in [7, 11) is 0. The lowest BCUT2D eigenvalue weighted by Gasteiger charge is -2.31. The molecule has 0 aromatic heterocycles. The van der Waals surface area contributed by atoms with Crippen LogP contribution in [0.15, 0.2) is 48.5 Å². The van der Waals surface area contributed by atoms with E-state index in [1.165, 1.54) is 0 Å². The predicted octanol–water partition coefficient (Wildman–Crippen LogP) is 3.94. The van der Waals surface area contributed by atoms with Crippen LogP contribution < -0.4 is 0 Å². The third kappa shape index (κ3) is 4.37. The van der Waals surface area contributed by atoms with E-state index in [0.29, 0.717) is 6.42 Å². The van der Waals surface area contributed by atoms with Crippen LogP contribution in [-0.2, 0) is 10.3 Å². The molecule has 24 heavy (non-hydrogen) atoms. The second-order valence-corrected chi connectivity index (χ2v) is 7.00. The molecule has 0 saturated carbocycles. The van der Waals surface area contributed by atoms with Crippen LogP contribution in [0.1, 0.15) is 18.9 Å². The first-order valence-corrected chi connectivity index (χ1v) is 8.81. The zero-order valence-electron chi connectivity index (χ0n) is 14.0. The van der Waals surface area contributed by atoms with Crippen LogP contribution in [0.2, 0.25) is 5.02 Å². The van der Waals surface area contributed by atoms with Crippen LogP contribution in [0.4, 0.5) is 0 Å². The Morgan fingerprint density at radius 1 is 1.00 bits per heavy atom. The highest BCUT2D eigenvalue weighted by atomic mass is 35.5. The van der Waals surface area contributed by atoms with E-state index in [2.05, 4.69) is 17.0 Å². The summed E-state index contributed by atoms with van der Waals surface area (Å²) in [6.07, 6.45) is 0.716. The molecule has 4 heteroatoms. The van der Waals surface area contributed by atoms with E-state index in [-0.39, 0.29) is 0 Å². The van der Waals surface area contributed by atoms with E-state index in [0.717, 1.165) is 54.6 Å². The van der Waals surface area contributed by atoms with Gasteiger partial charge in [0.15, 0.2) is 0 Å². The molecule has 1 fully saturated rings. The van der Waals surface area contributed by atoms with Gasteiger partial charge in [0.05, 0.1) is 18.8 Å². The lowest BCUT2D eigenvalue weighted by atomic mass is 9.90. The Balaban J connectivity index is 1.65. The summed E-state index contributed by atoms with van der Waals surface area (Å²) >= 11 is 5.94. The van der Waals surface area contributed by atoms with E-state index < -0.39 is 5.60 Å². The summed E-state index contributed by atoms with van der Waals surface area (Å²) in [4.78, 5) is 2.35. The normalized spacial score (nSPS) is 18.3. The van der Waals surface area contributed by atoms with Gasteiger partial charge in [0.1, 0.15) is 0 Å². The monoisotopic (exact) mass is 345 g/mol. The highest BCUT2D eigenvalue weighted by Gasteiger charge is 2.24. The molecule has 0 aliphatic carbocycles. The van der Waals surface area contributed by atoms with Crippen LogP contribution in [0.3, 0.4) is 0 Å². The van der Waals surface area contributed by atoms with Crippen molar-refractivity contribution >= 4 is 11.6 Å². The topological polar surface area (TPSA) is 32.7 Å². The van der Waals surface area contributed by atoms with Gasteiger partial charge in [-0.25, -0.2) is 0 Å². The molecule has 3 rings (SSSR count). The fourth-order valence-electron chi connectivity index (χ4n) is 3.01. The summed E-state index contributed by atoms with van der Waals surface area (Å²) in [5.41, 5.74) is 2.38. The predicted molar refractivity (Wildman–Crippen MR) is 98.3 cm³/mol. The molecule has 1 aliphatic heterocycles. The van der Waals surface area contributed by atoms with E-state index in [1.807, 2.05) is 43.3 Å². The number of aliphatic hydroxyl groups is 1. The van der Waals surface area contributed by atoms with Gasteiger partial charge in [0, 0.05) is 24.7 Å². The summed E-state index contributed by atoms with van der Waals surface area (Å²) in [6, 6.07) is 15.9. The molecule has 1 aliphatic rings. The molecule has 1 atom stereocenters. The van der Waals surface area contributed by atoms with Gasteiger partial charge in [-0.1, -0.05) is 48.0 Å². The Hall–Kier alpha value is -1.39. The number of halogens is 1. The summed E-state index contributed by atoms with van der Waals surface area (Å²) in [5.74, 6) is 0. The molecule has 2 aromatic rings. The number of ether oxygens (including phenoxy) is 1. The van der Waals surface area contributed by atoms with Gasteiger partial charge in [0.25, 0.3) is 0 Å². The first-order valence-electron chi connectivity index (χ1n) is 8.43. The molecule has 1 unspecified atom stereocenters. The number of morpholine rings is 1. The number of benzene rings is 2. The SMILES string of the molecule is CC(O)(CCN1CCOCC1)c1ccc(-c2ccc(Cl)cc2)cc1. The Labute approximate surface area is 148 Å². The van der Waals surface area contributed by atoms with Gasteiger partial charge >= 0.3 is 0 Å². The van der Waals surface area contributed by atoms with Crippen molar-refractivity contribution in [3.63, 3.8) is 0 Å². The molecule has 2 aromatic carbocycles. The fourth-order valence-corrected chi connectivity index (χ4v) is 3.13. The van der Waals surface area contributed by atoms with E-state index in [1.54, 1.807) is 0 Å². The van der Waals surface area contributed by atoms with Gasteiger partial charge in [-0.05, 0) is 42.2 Å². The van der Waals surface area contributed by atoms with Crippen LogP contribution in [0, 0.1) is 0 Å². The first kappa shape index (κ1) is 17.4. The molecule has 0 radical (unpaired) electrons. The zero-order valence-corrected chi connectivity index (χ0v) is 14.8. The van der Waals surface area contributed by atoms with Gasteiger partial charge < -0.3 is 9.84 Å². The minimum absolute atomic E-state index is 0.716. The van der Waals surface area contributed by atoms with Crippen LogP contribution >= 0.6 is 11.6 Å². The van der Waals surface area contributed by atoms with Gasteiger partial charge in [-0.15, -0.1) is 0 Å². The molecule has 0 bridgehead atoms. The Morgan fingerprint density at radius 3 is 2.12 bits per heavy atom. The maximum Gasteiger partial charge on any atom is 0.0880 e.